The lowest BCUT2D eigenvalue weighted by Crippen LogP contribution is -2.42. The normalized spacial score (nSPS) is 20.6. The highest BCUT2D eigenvalue weighted by Gasteiger charge is 2.34. The summed E-state index contributed by atoms with van der Waals surface area (Å²) in [5.41, 5.74) is 0. The fourth-order valence-electron chi connectivity index (χ4n) is 1.70. The summed E-state index contributed by atoms with van der Waals surface area (Å²) in [7, 11) is 0. The first kappa shape index (κ1) is 10.2. The van der Waals surface area contributed by atoms with Crippen molar-refractivity contribution in [2.45, 2.75) is 45.1 Å². The molecule has 0 aromatic rings. The molecular weight excluding hydrogens is 192 g/mol. The summed E-state index contributed by atoms with van der Waals surface area (Å²) in [6, 6.07) is 0.771. The van der Waals surface area contributed by atoms with Gasteiger partial charge in [0.25, 0.3) is 0 Å². The molecule has 0 heterocycles. The Hall–Kier alpha value is -0.310. The molecule has 1 N–H and O–H groups in total. The maximum absolute atomic E-state index is 5.42. The third kappa shape index (κ3) is 2.84. The summed E-state index contributed by atoms with van der Waals surface area (Å²) in [5, 5.41) is 4.35. The molecule has 0 atom stereocenters. The van der Waals surface area contributed by atoms with Crippen LogP contribution in [0.15, 0.2) is 0 Å². The monoisotopic (exact) mass is 212 g/mol. The molecule has 0 amide bonds. The lowest BCUT2D eigenvalue weighted by Gasteiger charge is -2.25. The number of nitrogens with zero attached hydrogens (tertiary/aromatic N) is 1. The zero-order valence-corrected chi connectivity index (χ0v) is 9.78. The molecule has 2 nitrogen and oxygen atoms in total. The highest BCUT2D eigenvalue weighted by atomic mass is 32.1. The first-order valence-electron chi connectivity index (χ1n) is 5.85. The maximum Gasteiger partial charge on any atom is 0.169 e. The lowest BCUT2D eigenvalue weighted by molar-refractivity contribution is 0.384. The van der Waals surface area contributed by atoms with Gasteiger partial charge in [-0.1, -0.05) is 6.92 Å². The molecule has 0 aromatic carbocycles. The third-order valence-corrected chi connectivity index (χ3v) is 3.31. The molecule has 0 aromatic heterocycles. The standard InChI is InChI=1S/C11H20N2S/c1-2-7-12-11(14)13(10-5-6-10)8-9-3-4-9/h9-10H,2-8H2,1H3,(H,12,14). The Morgan fingerprint density at radius 1 is 1.36 bits per heavy atom. The van der Waals surface area contributed by atoms with Crippen molar-refractivity contribution in [1.29, 1.82) is 0 Å². The molecule has 0 saturated heterocycles. The maximum atomic E-state index is 5.42. The second-order valence-corrected chi connectivity index (χ2v) is 4.95. The molecule has 0 bridgehead atoms. The van der Waals surface area contributed by atoms with Crippen LogP contribution in [0.25, 0.3) is 0 Å². The SMILES string of the molecule is CCCNC(=S)N(CC1CC1)C1CC1. The Balaban J connectivity index is 1.78. The molecule has 14 heavy (non-hydrogen) atoms. The van der Waals surface area contributed by atoms with Crippen LogP contribution in [0.2, 0.25) is 0 Å². The molecule has 0 spiro atoms. The van der Waals surface area contributed by atoms with Gasteiger partial charge in [0.05, 0.1) is 0 Å². The van der Waals surface area contributed by atoms with Crippen LogP contribution in [0.4, 0.5) is 0 Å². The van der Waals surface area contributed by atoms with Crippen LogP contribution in [0.5, 0.6) is 0 Å². The molecule has 2 rings (SSSR count). The Morgan fingerprint density at radius 3 is 2.57 bits per heavy atom. The van der Waals surface area contributed by atoms with E-state index >= 15 is 0 Å². The highest BCUT2D eigenvalue weighted by Crippen LogP contribution is 2.34. The van der Waals surface area contributed by atoms with E-state index in [4.69, 9.17) is 12.2 Å². The second kappa shape index (κ2) is 4.47. The van der Waals surface area contributed by atoms with E-state index in [1.165, 1.54) is 32.2 Å². The number of nitrogens with one attached hydrogen (secondary N) is 1. The Labute approximate surface area is 92.0 Å². The van der Waals surface area contributed by atoms with Gasteiger partial charge in [0.2, 0.25) is 0 Å². The highest BCUT2D eigenvalue weighted by molar-refractivity contribution is 7.80. The smallest absolute Gasteiger partial charge is 0.169 e. The Morgan fingerprint density at radius 2 is 2.07 bits per heavy atom. The minimum absolute atomic E-state index is 0.771. The number of hydrogen-bond acceptors (Lipinski definition) is 1. The van der Waals surface area contributed by atoms with Crippen LogP contribution >= 0.6 is 12.2 Å². The Kier molecular flexibility index (Phi) is 3.26. The predicted octanol–water partition coefficient (Wildman–Crippen LogP) is 2.15. The van der Waals surface area contributed by atoms with Crippen LogP contribution in [-0.2, 0) is 0 Å². The molecule has 0 radical (unpaired) electrons. The number of hydrogen-bond donors (Lipinski definition) is 1. The summed E-state index contributed by atoms with van der Waals surface area (Å²) >= 11 is 5.42. The Bertz CT molecular complexity index is 209. The van der Waals surface area contributed by atoms with Gasteiger partial charge in [-0.2, -0.15) is 0 Å². The summed E-state index contributed by atoms with van der Waals surface area (Å²) in [6.07, 6.45) is 6.68. The summed E-state index contributed by atoms with van der Waals surface area (Å²) in [5.74, 6) is 0.942. The molecule has 2 fully saturated rings. The number of thiocarbonyl (C=S) groups is 1. The first-order valence-corrected chi connectivity index (χ1v) is 6.26. The summed E-state index contributed by atoms with van der Waals surface area (Å²) in [6.45, 7) is 4.41. The lowest BCUT2D eigenvalue weighted by atomic mass is 10.3. The van der Waals surface area contributed by atoms with Crippen molar-refractivity contribution in [1.82, 2.24) is 10.2 Å². The second-order valence-electron chi connectivity index (χ2n) is 4.56. The van der Waals surface area contributed by atoms with Gasteiger partial charge in [0.1, 0.15) is 0 Å². The zero-order valence-electron chi connectivity index (χ0n) is 8.96. The quantitative estimate of drug-likeness (QED) is 0.703. The van der Waals surface area contributed by atoms with Crippen molar-refractivity contribution < 1.29 is 0 Å². The van der Waals surface area contributed by atoms with Crippen molar-refractivity contribution in [2.75, 3.05) is 13.1 Å². The largest absolute Gasteiger partial charge is 0.363 e. The zero-order chi connectivity index (χ0) is 9.97. The topological polar surface area (TPSA) is 15.3 Å². The van der Waals surface area contributed by atoms with Gasteiger partial charge in [-0.25, -0.2) is 0 Å². The van der Waals surface area contributed by atoms with Crippen LogP contribution in [0.1, 0.15) is 39.0 Å². The van der Waals surface area contributed by atoms with E-state index in [0.29, 0.717) is 0 Å². The van der Waals surface area contributed by atoms with Crippen LogP contribution < -0.4 is 5.32 Å². The van der Waals surface area contributed by atoms with Gasteiger partial charge in [-0.15, -0.1) is 0 Å². The van der Waals surface area contributed by atoms with Crippen LogP contribution in [-0.4, -0.2) is 29.1 Å². The molecular formula is C11H20N2S. The first-order chi connectivity index (χ1) is 6.81. The fourth-order valence-corrected chi connectivity index (χ4v) is 2.02. The van der Waals surface area contributed by atoms with Gasteiger partial charge in [-0.3, -0.25) is 0 Å². The minimum Gasteiger partial charge on any atom is -0.363 e. The molecule has 80 valence electrons. The molecule has 2 aliphatic carbocycles. The number of rotatable bonds is 5. The van der Waals surface area contributed by atoms with Crippen molar-refractivity contribution in [3.63, 3.8) is 0 Å². The van der Waals surface area contributed by atoms with E-state index in [1.54, 1.807) is 0 Å². The molecule has 0 aliphatic heterocycles. The average molecular weight is 212 g/mol. The molecule has 0 unspecified atom stereocenters. The van der Waals surface area contributed by atoms with E-state index in [0.717, 1.165) is 30.0 Å². The van der Waals surface area contributed by atoms with Gasteiger partial charge in [0.15, 0.2) is 5.11 Å². The van der Waals surface area contributed by atoms with Gasteiger partial charge >= 0.3 is 0 Å². The summed E-state index contributed by atoms with van der Waals surface area (Å²) in [4.78, 5) is 2.43. The van der Waals surface area contributed by atoms with E-state index in [2.05, 4.69) is 17.1 Å². The van der Waals surface area contributed by atoms with E-state index in [1.807, 2.05) is 0 Å². The van der Waals surface area contributed by atoms with Crippen LogP contribution in [0.3, 0.4) is 0 Å². The average Bonchev–Trinajstić information content (AvgIpc) is 3.02. The van der Waals surface area contributed by atoms with Gasteiger partial charge in [0, 0.05) is 19.1 Å². The van der Waals surface area contributed by atoms with Crippen molar-refractivity contribution >= 4 is 17.3 Å². The van der Waals surface area contributed by atoms with E-state index in [-0.39, 0.29) is 0 Å². The van der Waals surface area contributed by atoms with Crippen molar-refractivity contribution in [3.05, 3.63) is 0 Å². The molecule has 3 heteroatoms. The predicted molar refractivity (Wildman–Crippen MR) is 63.3 cm³/mol. The van der Waals surface area contributed by atoms with Crippen molar-refractivity contribution in [3.8, 4) is 0 Å². The third-order valence-electron chi connectivity index (χ3n) is 2.93. The molecule has 2 aliphatic rings. The van der Waals surface area contributed by atoms with Gasteiger partial charge < -0.3 is 10.2 Å². The minimum atomic E-state index is 0.771. The van der Waals surface area contributed by atoms with E-state index in [9.17, 15) is 0 Å². The summed E-state index contributed by atoms with van der Waals surface area (Å²) < 4.78 is 0. The fraction of sp³-hybridized carbons (Fsp3) is 0.909. The van der Waals surface area contributed by atoms with E-state index < -0.39 is 0 Å². The van der Waals surface area contributed by atoms with Crippen molar-refractivity contribution in [2.24, 2.45) is 5.92 Å². The van der Waals surface area contributed by atoms with Crippen LogP contribution in [0, 0.1) is 5.92 Å². The van der Waals surface area contributed by atoms with Gasteiger partial charge in [-0.05, 0) is 50.2 Å². The molecule has 2 saturated carbocycles.